The maximum atomic E-state index is 12.8. The van der Waals surface area contributed by atoms with Crippen LogP contribution in [0.5, 0.6) is 0 Å². The molecule has 0 saturated carbocycles. The van der Waals surface area contributed by atoms with Gasteiger partial charge in [0.05, 0.1) is 12.4 Å². The zero-order valence-electron chi connectivity index (χ0n) is 14.3. The number of Topliss-reactive ketones (excluding diaryl/α,β-unsaturated/α-hetero) is 1. The van der Waals surface area contributed by atoms with Gasteiger partial charge in [-0.2, -0.15) is 0 Å². The number of ketones is 1. The van der Waals surface area contributed by atoms with Gasteiger partial charge in [0.25, 0.3) is 0 Å². The van der Waals surface area contributed by atoms with Crippen molar-refractivity contribution in [2.45, 2.75) is 46.3 Å². The van der Waals surface area contributed by atoms with E-state index in [0.717, 1.165) is 0 Å². The Kier molecular flexibility index (Phi) is 4.00. The molecule has 0 radical (unpaired) electrons. The summed E-state index contributed by atoms with van der Waals surface area (Å²) in [5.74, 6) is -0.500. The molecule has 2 aliphatic rings. The van der Waals surface area contributed by atoms with Gasteiger partial charge in [0.1, 0.15) is 6.10 Å². The summed E-state index contributed by atoms with van der Waals surface area (Å²) < 4.78 is 11.2. The molecule has 1 N–H and O–H groups in total. The van der Waals surface area contributed by atoms with Gasteiger partial charge in [-0.25, -0.2) is 4.79 Å². The number of allylic oxidation sites excluding steroid dienone is 1. The van der Waals surface area contributed by atoms with Gasteiger partial charge in [0, 0.05) is 22.1 Å². The van der Waals surface area contributed by atoms with Gasteiger partial charge in [0.15, 0.2) is 5.76 Å². The fourth-order valence-corrected chi connectivity index (χ4v) is 3.69. The Morgan fingerprint density at radius 2 is 2.21 bits per heavy atom. The van der Waals surface area contributed by atoms with Crippen LogP contribution in [0, 0.1) is 11.3 Å². The van der Waals surface area contributed by atoms with E-state index >= 15 is 0 Å². The van der Waals surface area contributed by atoms with E-state index in [9.17, 15) is 14.7 Å². The molecule has 0 aromatic carbocycles. The van der Waals surface area contributed by atoms with Crippen LogP contribution in [-0.4, -0.2) is 23.0 Å². The summed E-state index contributed by atoms with van der Waals surface area (Å²) in [5, 5.41) is 10.1. The third kappa shape index (κ3) is 2.26. The van der Waals surface area contributed by atoms with Gasteiger partial charge in [-0.1, -0.05) is 19.9 Å². The zero-order valence-corrected chi connectivity index (χ0v) is 14.3. The van der Waals surface area contributed by atoms with E-state index in [-0.39, 0.29) is 17.5 Å². The number of hydrogen-bond acceptors (Lipinski definition) is 5. The Labute approximate surface area is 141 Å². The summed E-state index contributed by atoms with van der Waals surface area (Å²) in [5.41, 5.74) is 0.874. The van der Waals surface area contributed by atoms with Crippen molar-refractivity contribution in [1.82, 2.24) is 0 Å². The first kappa shape index (κ1) is 16.7. The minimum absolute atomic E-state index is 0.0387. The SMILES string of the molecule is CC=C(C)C(=O)OC1c2ccoc2C(=O)C2=CC(O)CC(C)C21C. The lowest BCUT2D eigenvalue weighted by Gasteiger charge is -2.48. The number of aliphatic hydroxyl groups is 1. The number of furan rings is 1. The van der Waals surface area contributed by atoms with Crippen molar-refractivity contribution >= 4 is 11.8 Å². The van der Waals surface area contributed by atoms with E-state index < -0.39 is 23.6 Å². The van der Waals surface area contributed by atoms with Crippen molar-refractivity contribution in [2.75, 3.05) is 0 Å². The fourth-order valence-electron chi connectivity index (χ4n) is 3.69. The van der Waals surface area contributed by atoms with Crippen molar-refractivity contribution in [1.29, 1.82) is 0 Å². The van der Waals surface area contributed by atoms with E-state index in [1.807, 2.05) is 13.8 Å². The first-order chi connectivity index (χ1) is 11.3. The van der Waals surface area contributed by atoms with Crippen LogP contribution >= 0.6 is 0 Å². The first-order valence-electron chi connectivity index (χ1n) is 8.17. The lowest BCUT2D eigenvalue weighted by molar-refractivity contribution is -0.153. The van der Waals surface area contributed by atoms with Crippen LogP contribution < -0.4 is 0 Å². The number of ether oxygens (including phenoxy) is 1. The van der Waals surface area contributed by atoms with E-state index in [1.165, 1.54) is 6.26 Å². The minimum Gasteiger partial charge on any atom is -0.460 e. The van der Waals surface area contributed by atoms with Crippen molar-refractivity contribution in [2.24, 2.45) is 11.3 Å². The molecular weight excluding hydrogens is 308 g/mol. The summed E-state index contributed by atoms with van der Waals surface area (Å²) in [6, 6.07) is 1.69. The summed E-state index contributed by atoms with van der Waals surface area (Å²) in [6.45, 7) is 7.36. The topological polar surface area (TPSA) is 76.7 Å². The smallest absolute Gasteiger partial charge is 0.334 e. The monoisotopic (exact) mass is 330 g/mol. The first-order valence-corrected chi connectivity index (χ1v) is 8.17. The highest BCUT2D eigenvalue weighted by Gasteiger charge is 2.55. The van der Waals surface area contributed by atoms with Gasteiger partial charge >= 0.3 is 5.97 Å². The molecule has 1 aromatic rings. The quantitative estimate of drug-likeness (QED) is 0.664. The Morgan fingerprint density at radius 3 is 2.88 bits per heavy atom. The average molecular weight is 330 g/mol. The number of aliphatic hydroxyl groups excluding tert-OH is 1. The van der Waals surface area contributed by atoms with Gasteiger partial charge in [0.2, 0.25) is 5.78 Å². The Balaban J connectivity index is 2.15. The normalized spacial score (nSPS) is 32.7. The molecule has 0 bridgehead atoms. The zero-order chi connectivity index (χ0) is 17.6. The molecule has 5 nitrogen and oxygen atoms in total. The molecule has 24 heavy (non-hydrogen) atoms. The van der Waals surface area contributed by atoms with Crippen molar-refractivity contribution < 1.29 is 23.8 Å². The minimum atomic E-state index is -0.698. The third-order valence-corrected chi connectivity index (χ3v) is 5.51. The number of carbonyl (C=O) groups excluding carboxylic acids is 2. The maximum Gasteiger partial charge on any atom is 0.334 e. The number of fused-ring (bicyclic) bond motifs is 2. The van der Waals surface area contributed by atoms with E-state index in [2.05, 4.69) is 0 Å². The van der Waals surface area contributed by atoms with E-state index in [4.69, 9.17) is 9.15 Å². The second-order valence-corrected chi connectivity index (χ2v) is 6.86. The molecule has 5 heteroatoms. The van der Waals surface area contributed by atoms with Gasteiger partial charge in [-0.15, -0.1) is 0 Å². The molecule has 1 heterocycles. The molecule has 3 rings (SSSR count). The number of rotatable bonds is 2. The van der Waals surface area contributed by atoms with E-state index in [0.29, 0.717) is 23.1 Å². The predicted octanol–water partition coefficient (Wildman–Crippen LogP) is 3.36. The molecule has 2 aliphatic carbocycles. The van der Waals surface area contributed by atoms with Gasteiger partial charge in [-0.3, -0.25) is 4.79 Å². The predicted molar refractivity (Wildman–Crippen MR) is 87.3 cm³/mol. The molecule has 0 spiro atoms. The molecule has 0 aliphatic heterocycles. The number of hydrogen-bond donors (Lipinski definition) is 1. The van der Waals surface area contributed by atoms with Crippen LogP contribution in [0.25, 0.3) is 0 Å². The highest BCUT2D eigenvalue weighted by Crippen LogP contribution is 2.56. The molecule has 0 saturated heterocycles. The summed E-state index contributed by atoms with van der Waals surface area (Å²) in [7, 11) is 0. The number of esters is 1. The Hall–Kier alpha value is -2.14. The molecule has 4 atom stereocenters. The highest BCUT2D eigenvalue weighted by molar-refractivity contribution is 6.10. The van der Waals surface area contributed by atoms with Crippen LogP contribution in [0.2, 0.25) is 0 Å². The fraction of sp³-hybridized carbons (Fsp3) is 0.474. The van der Waals surface area contributed by atoms with Crippen molar-refractivity contribution in [3.63, 3.8) is 0 Å². The van der Waals surface area contributed by atoms with Gasteiger partial charge in [-0.05, 0) is 38.3 Å². The lowest BCUT2D eigenvalue weighted by atomic mass is 9.58. The second kappa shape index (κ2) is 5.74. The lowest BCUT2D eigenvalue weighted by Crippen LogP contribution is -2.46. The Bertz CT molecular complexity index is 754. The van der Waals surface area contributed by atoms with Gasteiger partial charge < -0.3 is 14.3 Å². The maximum absolute atomic E-state index is 12.8. The molecule has 0 amide bonds. The van der Waals surface area contributed by atoms with Crippen molar-refractivity contribution in [3.05, 3.63) is 47.0 Å². The molecule has 4 unspecified atom stereocenters. The van der Waals surface area contributed by atoms with Crippen LogP contribution in [0.4, 0.5) is 0 Å². The molecule has 0 fully saturated rings. The third-order valence-electron chi connectivity index (χ3n) is 5.51. The standard InChI is InChI=1S/C19H22O5/c1-5-10(2)18(22)24-17-13-6-7-23-16(13)15(21)14-9-12(20)8-11(3)19(14,17)4/h5-7,9,11-12,17,20H,8H2,1-4H3. The highest BCUT2D eigenvalue weighted by atomic mass is 16.5. The largest absolute Gasteiger partial charge is 0.460 e. The number of carbonyl (C=O) groups is 2. The Morgan fingerprint density at radius 1 is 1.50 bits per heavy atom. The van der Waals surface area contributed by atoms with Crippen LogP contribution in [-0.2, 0) is 9.53 Å². The second-order valence-electron chi connectivity index (χ2n) is 6.86. The van der Waals surface area contributed by atoms with E-state index in [1.54, 1.807) is 32.1 Å². The van der Waals surface area contributed by atoms with Crippen molar-refractivity contribution in [3.8, 4) is 0 Å². The summed E-state index contributed by atoms with van der Waals surface area (Å²) in [4.78, 5) is 25.2. The average Bonchev–Trinajstić information content (AvgIpc) is 3.02. The van der Waals surface area contributed by atoms with Crippen LogP contribution in [0.1, 0.15) is 56.3 Å². The molecule has 128 valence electrons. The molecule has 1 aromatic heterocycles. The summed E-state index contributed by atoms with van der Waals surface area (Å²) >= 11 is 0. The molecular formula is C19H22O5. The summed E-state index contributed by atoms with van der Waals surface area (Å²) in [6.07, 6.45) is 3.92. The van der Waals surface area contributed by atoms with Crippen LogP contribution in [0.15, 0.2) is 40.0 Å². The van der Waals surface area contributed by atoms with Crippen LogP contribution in [0.3, 0.4) is 0 Å².